The molecule has 2 aliphatic carbocycles. The van der Waals surface area contributed by atoms with E-state index in [0.717, 1.165) is 29.2 Å². The fraction of sp³-hybridized carbons (Fsp3) is 0.455. The maximum atomic E-state index is 14.0. The Morgan fingerprint density at radius 2 is 2.08 bits per heavy atom. The quantitative estimate of drug-likeness (QED) is 0.255. The van der Waals surface area contributed by atoms with E-state index in [2.05, 4.69) is 35.3 Å². The number of thiazole rings is 1. The molecule has 7 heteroatoms. The average Bonchev–Trinajstić information content (AvgIpc) is 3.74. The molecule has 6 nitrogen and oxygen atoms in total. The number of carbonyl (C=O) groups is 1. The monoisotopic (exact) mass is 561 g/mol. The van der Waals surface area contributed by atoms with Crippen molar-refractivity contribution < 1.29 is 23.8 Å². The van der Waals surface area contributed by atoms with E-state index < -0.39 is 6.10 Å². The summed E-state index contributed by atoms with van der Waals surface area (Å²) in [5.74, 6) is 2.00. The summed E-state index contributed by atoms with van der Waals surface area (Å²) in [5.41, 5.74) is 5.30. The van der Waals surface area contributed by atoms with Crippen molar-refractivity contribution in [2.45, 2.75) is 65.1 Å². The Bertz CT molecular complexity index is 1370. The van der Waals surface area contributed by atoms with Gasteiger partial charge in [-0.25, -0.2) is 4.98 Å². The molecule has 3 aromatic rings. The van der Waals surface area contributed by atoms with Crippen LogP contribution in [0.1, 0.15) is 60.9 Å². The summed E-state index contributed by atoms with van der Waals surface area (Å²) in [6.07, 6.45) is 10.5. The topological polar surface area (TPSA) is 81.8 Å². The third-order valence-corrected chi connectivity index (χ3v) is 9.31. The van der Waals surface area contributed by atoms with Gasteiger partial charge in [-0.3, -0.25) is 4.79 Å². The second-order valence-corrected chi connectivity index (χ2v) is 12.2. The Morgan fingerprint density at radius 3 is 2.80 bits per heavy atom. The van der Waals surface area contributed by atoms with Crippen molar-refractivity contribution in [1.29, 1.82) is 0 Å². The molecule has 2 aromatic heterocycles. The number of benzene rings is 1. The van der Waals surface area contributed by atoms with Crippen LogP contribution < -0.4 is 9.47 Å². The molecule has 0 spiro atoms. The van der Waals surface area contributed by atoms with Gasteiger partial charge in [0, 0.05) is 12.0 Å². The van der Waals surface area contributed by atoms with E-state index in [9.17, 15) is 9.90 Å². The van der Waals surface area contributed by atoms with Gasteiger partial charge < -0.3 is 19.0 Å². The van der Waals surface area contributed by atoms with Gasteiger partial charge in [-0.1, -0.05) is 55.8 Å². The van der Waals surface area contributed by atoms with Gasteiger partial charge in [0.05, 0.1) is 35.2 Å². The van der Waals surface area contributed by atoms with Gasteiger partial charge in [-0.05, 0) is 62.0 Å². The first-order valence-corrected chi connectivity index (χ1v) is 15.1. The summed E-state index contributed by atoms with van der Waals surface area (Å²) in [5, 5.41) is 10.7. The zero-order valence-electron chi connectivity index (χ0n) is 23.7. The molecule has 5 atom stereocenters. The van der Waals surface area contributed by atoms with E-state index in [-0.39, 0.29) is 35.4 Å². The van der Waals surface area contributed by atoms with E-state index >= 15 is 0 Å². The predicted molar refractivity (Wildman–Crippen MR) is 157 cm³/mol. The molecule has 0 bridgehead atoms. The van der Waals surface area contributed by atoms with Gasteiger partial charge >= 0.3 is 0 Å². The summed E-state index contributed by atoms with van der Waals surface area (Å²) in [6.45, 7) is 6.62. The molecule has 0 aliphatic heterocycles. The van der Waals surface area contributed by atoms with Crippen molar-refractivity contribution >= 4 is 17.1 Å². The first kappa shape index (κ1) is 28.4. The highest BCUT2D eigenvalue weighted by atomic mass is 32.1. The van der Waals surface area contributed by atoms with Gasteiger partial charge in [0.1, 0.15) is 30.2 Å². The predicted octanol–water partition coefficient (Wildman–Crippen LogP) is 7.07. The number of allylic oxidation sites excluding steroid dienone is 4. The van der Waals surface area contributed by atoms with Crippen LogP contribution >= 0.6 is 11.3 Å². The van der Waals surface area contributed by atoms with Crippen molar-refractivity contribution in [3.63, 3.8) is 0 Å². The molecule has 1 fully saturated rings. The van der Waals surface area contributed by atoms with Gasteiger partial charge in [-0.2, -0.15) is 0 Å². The van der Waals surface area contributed by atoms with Crippen LogP contribution in [0.2, 0.25) is 0 Å². The number of furan rings is 1. The number of aliphatic hydroxyl groups excluding tert-OH is 1. The molecule has 1 N–H and O–H groups in total. The van der Waals surface area contributed by atoms with Crippen molar-refractivity contribution in [2.75, 3.05) is 7.11 Å². The van der Waals surface area contributed by atoms with Crippen molar-refractivity contribution in [3.05, 3.63) is 87.8 Å². The standard InChI is InChI=1S/C33H39NO5S/c1-20(2)32(30-16-25(37-4)17-38-30)33(36)28-15-24(35)14-27(28)26-10-7-9-22(26)12-13-23-8-5-6-11-29(23)39-18-31-21(3)34-19-40-31/h5-11,16-17,19-20,22,24,27-28,32,35H,12-15,18H2,1-4H3/t22?,24-,27+,28?,32?/m1/s1. The van der Waals surface area contributed by atoms with Crippen LogP contribution in [-0.4, -0.2) is 29.1 Å². The zero-order valence-corrected chi connectivity index (χ0v) is 24.5. The van der Waals surface area contributed by atoms with Gasteiger partial charge in [-0.15, -0.1) is 11.3 Å². The fourth-order valence-corrected chi connectivity index (χ4v) is 6.98. The zero-order chi connectivity index (χ0) is 28.2. The maximum absolute atomic E-state index is 14.0. The molecule has 1 aromatic carbocycles. The summed E-state index contributed by atoms with van der Waals surface area (Å²) in [7, 11) is 1.59. The third kappa shape index (κ3) is 6.11. The molecule has 2 aliphatic rings. The summed E-state index contributed by atoms with van der Waals surface area (Å²) < 4.78 is 17.3. The number of para-hydroxylation sites is 1. The Kier molecular flexibility index (Phi) is 8.91. The summed E-state index contributed by atoms with van der Waals surface area (Å²) in [4.78, 5) is 19.5. The minimum atomic E-state index is -0.482. The number of carbonyl (C=O) groups excluding carboxylic acids is 1. The van der Waals surface area contributed by atoms with Gasteiger partial charge in [0.15, 0.2) is 5.75 Å². The normalized spacial score (nSPS) is 23.0. The molecule has 0 radical (unpaired) electrons. The molecular formula is C33H39NO5S. The lowest BCUT2D eigenvalue weighted by molar-refractivity contribution is -0.126. The van der Waals surface area contributed by atoms with Crippen molar-refractivity contribution in [3.8, 4) is 11.5 Å². The molecule has 40 heavy (non-hydrogen) atoms. The maximum Gasteiger partial charge on any atom is 0.157 e. The molecule has 0 amide bonds. The van der Waals surface area contributed by atoms with Crippen LogP contribution in [0, 0.1) is 30.6 Å². The van der Waals surface area contributed by atoms with Gasteiger partial charge in [0.25, 0.3) is 0 Å². The minimum absolute atomic E-state index is 0.0152. The van der Waals surface area contributed by atoms with Crippen LogP contribution in [0.15, 0.2) is 70.3 Å². The molecule has 2 heterocycles. The summed E-state index contributed by atoms with van der Waals surface area (Å²) in [6, 6.07) is 10.0. The first-order chi connectivity index (χ1) is 19.4. The van der Waals surface area contributed by atoms with E-state index in [1.54, 1.807) is 24.7 Å². The number of ketones is 1. The number of ether oxygens (including phenoxy) is 2. The summed E-state index contributed by atoms with van der Waals surface area (Å²) >= 11 is 1.62. The van der Waals surface area contributed by atoms with Crippen LogP contribution in [-0.2, 0) is 17.8 Å². The highest BCUT2D eigenvalue weighted by Crippen LogP contribution is 2.46. The van der Waals surface area contributed by atoms with Crippen molar-refractivity contribution in [1.82, 2.24) is 4.98 Å². The SMILES string of the molecule is COc1coc(C(C(=O)C2C[C@H](O)C[C@H]2C2=CC=CC2CCc2ccccc2OCc2scnc2C)C(C)C)c1. The van der Waals surface area contributed by atoms with Crippen LogP contribution in [0.3, 0.4) is 0 Å². The first-order valence-electron chi connectivity index (χ1n) is 14.2. The van der Waals surface area contributed by atoms with Crippen LogP contribution in [0.25, 0.3) is 0 Å². The molecule has 5 rings (SSSR count). The number of hydrogen-bond acceptors (Lipinski definition) is 7. The number of nitrogens with zero attached hydrogens (tertiary/aromatic N) is 1. The number of aryl methyl sites for hydroxylation is 2. The molecule has 0 saturated heterocycles. The smallest absolute Gasteiger partial charge is 0.157 e. The second-order valence-electron chi connectivity index (χ2n) is 11.3. The molecule has 3 unspecified atom stereocenters. The highest BCUT2D eigenvalue weighted by molar-refractivity contribution is 7.09. The Hall–Kier alpha value is -3.16. The molecule has 1 saturated carbocycles. The van der Waals surface area contributed by atoms with E-state index in [0.29, 0.717) is 31.0 Å². The number of aliphatic hydroxyl groups is 1. The Labute approximate surface area is 240 Å². The molecular weight excluding hydrogens is 522 g/mol. The van der Waals surface area contributed by atoms with E-state index in [4.69, 9.17) is 13.9 Å². The van der Waals surface area contributed by atoms with Crippen LogP contribution in [0.4, 0.5) is 0 Å². The lowest BCUT2D eigenvalue weighted by Crippen LogP contribution is -2.29. The minimum Gasteiger partial charge on any atom is -0.493 e. The Balaban J connectivity index is 1.28. The lowest BCUT2D eigenvalue weighted by Gasteiger charge is -2.28. The number of methoxy groups -OCH3 is 1. The molecule has 212 valence electrons. The van der Waals surface area contributed by atoms with E-state index in [1.165, 1.54) is 11.1 Å². The Morgan fingerprint density at radius 1 is 1.25 bits per heavy atom. The largest absolute Gasteiger partial charge is 0.493 e. The third-order valence-electron chi connectivity index (χ3n) is 8.40. The average molecular weight is 562 g/mol. The number of Topliss-reactive ketones (excluding diaryl/α,β-unsaturated/α-hetero) is 1. The number of rotatable bonds is 12. The lowest BCUT2D eigenvalue weighted by atomic mass is 9.74. The number of aromatic nitrogens is 1. The van der Waals surface area contributed by atoms with E-state index in [1.807, 2.05) is 44.5 Å². The fourth-order valence-electron chi connectivity index (χ4n) is 6.29. The van der Waals surface area contributed by atoms with Crippen LogP contribution in [0.5, 0.6) is 11.5 Å². The van der Waals surface area contributed by atoms with Gasteiger partial charge in [0.2, 0.25) is 0 Å². The van der Waals surface area contributed by atoms with Crippen molar-refractivity contribution in [2.24, 2.45) is 23.7 Å². The number of hydrogen-bond donors (Lipinski definition) is 1. The highest BCUT2D eigenvalue weighted by Gasteiger charge is 2.45. The second kappa shape index (κ2) is 12.6.